The molecule has 1 aliphatic carbocycles. The van der Waals surface area contributed by atoms with Crippen molar-refractivity contribution in [3.8, 4) is 0 Å². The van der Waals surface area contributed by atoms with Crippen LogP contribution in [0.3, 0.4) is 0 Å². The van der Waals surface area contributed by atoms with Gasteiger partial charge in [-0.25, -0.2) is 0 Å². The number of carbonyl (C=O) groups excluding carboxylic acids is 1. The van der Waals surface area contributed by atoms with Crippen LogP contribution in [0.15, 0.2) is 48.7 Å². The molecule has 0 spiro atoms. The quantitative estimate of drug-likeness (QED) is 0.717. The van der Waals surface area contributed by atoms with Gasteiger partial charge in [-0.05, 0) is 42.5 Å². The Bertz CT molecular complexity index is 952. The van der Waals surface area contributed by atoms with Crippen molar-refractivity contribution < 1.29 is 4.79 Å². The summed E-state index contributed by atoms with van der Waals surface area (Å²) in [5, 5.41) is 9.94. The van der Waals surface area contributed by atoms with Crippen molar-refractivity contribution in [3.63, 3.8) is 0 Å². The monoisotopic (exact) mass is 361 g/mol. The predicted octanol–water partition coefficient (Wildman–Crippen LogP) is 2.66. The SMILES string of the molecule is O=C(Cn1ccc2ccccc21)N1CCN(c2ccc(C3CC3)nn2)CC1. The van der Waals surface area contributed by atoms with Crippen LogP contribution in [0, 0.1) is 0 Å². The van der Waals surface area contributed by atoms with E-state index >= 15 is 0 Å². The average Bonchev–Trinajstić information content (AvgIpc) is 3.50. The Labute approximate surface area is 158 Å². The Morgan fingerprint density at radius 2 is 1.78 bits per heavy atom. The molecule has 3 aromatic rings. The number of para-hydroxylation sites is 1. The van der Waals surface area contributed by atoms with E-state index < -0.39 is 0 Å². The predicted molar refractivity (Wildman–Crippen MR) is 105 cm³/mol. The van der Waals surface area contributed by atoms with E-state index in [2.05, 4.69) is 45.4 Å². The normalized spacial score (nSPS) is 17.5. The Kier molecular flexibility index (Phi) is 4.03. The number of piperazine rings is 1. The maximum Gasteiger partial charge on any atom is 0.242 e. The van der Waals surface area contributed by atoms with E-state index in [1.54, 1.807) is 0 Å². The van der Waals surface area contributed by atoms with E-state index in [0.717, 1.165) is 43.2 Å². The molecule has 1 amide bonds. The summed E-state index contributed by atoms with van der Waals surface area (Å²) in [5.74, 6) is 1.72. The summed E-state index contributed by atoms with van der Waals surface area (Å²) in [4.78, 5) is 16.9. The van der Waals surface area contributed by atoms with Crippen LogP contribution in [0.1, 0.15) is 24.5 Å². The highest BCUT2D eigenvalue weighted by molar-refractivity contribution is 5.83. The van der Waals surface area contributed by atoms with Gasteiger partial charge in [0.25, 0.3) is 0 Å². The molecule has 6 heteroatoms. The van der Waals surface area contributed by atoms with Crippen LogP contribution >= 0.6 is 0 Å². The fourth-order valence-electron chi connectivity index (χ4n) is 3.81. The van der Waals surface area contributed by atoms with Crippen LogP contribution < -0.4 is 4.90 Å². The van der Waals surface area contributed by atoms with Crippen molar-refractivity contribution in [2.24, 2.45) is 0 Å². The largest absolute Gasteiger partial charge is 0.352 e. The summed E-state index contributed by atoms with van der Waals surface area (Å²) >= 11 is 0. The number of aromatic nitrogens is 3. The molecule has 0 atom stereocenters. The number of benzene rings is 1. The standard InChI is InChI=1S/C21H23N5O/c27-21(15-26-10-9-17-3-1-2-4-19(17)26)25-13-11-24(12-14-25)20-8-7-18(22-23-20)16-5-6-16/h1-4,7-10,16H,5-6,11-15H2. The molecular weight excluding hydrogens is 338 g/mol. The van der Waals surface area contributed by atoms with Gasteiger partial charge in [-0.3, -0.25) is 4.79 Å². The second-order valence-corrected chi connectivity index (χ2v) is 7.46. The lowest BCUT2D eigenvalue weighted by atomic mass is 10.2. The molecule has 1 aliphatic heterocycles. The van der Waals surface area contributed by atoms with Gasteiger partial charge >= 0.3 is 0 Å². The van der Waals surface area contributed by atoms with Gasteiger partial charge in [-0.1, -0.05) is 18.2 Å². The van der Waals surface area contributed by atoms with E-state index in [9.17, 15) is 4.79 Å². The third-order valence-corrected chi connectivity index (χ3v) is 5.61. The average molecular weight is 361 g/mol. The maximum atomic E-state index is 12.7. The fourth-order valence-corrected chi connectivity index (χ4v) is 3.81. The number of anilines is 1. The number of hydrogen-bond donors (Lipinski definition) is 0. The minimum atomic E-state index is 0.172. The third-order valence-electron chi connectivity index (χ3n) is 5.61. The van der Waals surface area contributed by atoms with E-state index in [1.807, 2.05) is 27.8 Å². The Hall–Kier alpha value is -2.89. The van der Waals surface area contributed by atoms with E-state index in [-0.39, 0.29) is 5.91 Å². The molecule has 2 aromatic heterocycles. The topological polar surface area (TPSA) is 54.3 Å². The second kappa shape index (κ2) is 6.68. The van der Waals surface area contributed by atoms with Gasteiger partial charge in [0.15, 0.2) is 5.82 Å². The minimum absolute atomic E-state index is 0.172. The lowest BCUT2D eigenvalue weighted by molar-refractivity contribution is -0.132. The number of rotatable bonds is 4. The molecule has 27 heavy (non-hydrogen) atoms. The van der Waals surface area contributed by atoms with Gasteiger partial charge < -0.3 is 14.4 Å². The van der Waals surface area contributed by atoms with Crippen LogP contribution in [-0.4, -0.2) is 51.8 Å². The van der Waals surface area contributed by atoms with E-state index in [0.29, 0.717) is 12.5 Å². The summed E-state index contributed by atoms with van der Waals surface area (Å²) < 4.78 is 2.03. The van der Waals surface area contributed by atoms with E-state index in [4.69, 9.17) is 0 Å². The molecular formula is C21H23N5O. The molecule has 1 aromatic carbocycles. The molecule has 1 saturated carbocycles. The molecule has 5 rings (SSSR count). The van der Waals surface area contributed by atoms with Crippen LogP contribution in [0.4, 0.5) is 5.82 Å². The molecule has 138 valence electrons. The molecule has 0 bridgehead atoms. The van der Waals surface area contributed by atoms with Gasteiger partial charge in [0.1, 0.15) is 6.54 Å². The van der Waals surface area contributed by atoms with Crippen molar-refractivity contribution in [1.82, 2.24) is 19.7 Å². The van der Waals surface area contributed by atoms with Crippen molar-refractivity contribution in [2.75, 3.05) is 31.1 Å². The molecule has 0 N–H and O–H groups in total. The second-order valence-electron chi connectivity index (χ2n) is 7.46. The highest BCUT2D eigenvalue weighted by atomic mass is 16.2. The Morgan fingerprint density at radius 3 is 2.52 bits per heavy atom. The lowest BCUT2D eigenvalue weighted by Gasteiger charge is -2.35. The van der Waals surface area contributed by atoms with Gasteiger partial charge in [0.05, 0.1) is 5.69 Å². The zero-order chi connectivity index (χ0) is 18.2. The summed E-state index contributed by atoms with van der Waals surface area (Å²) in [6.45, 7) is 3.45. The van der Waals surface area contributed by atoms with Crippen LogP contribution in [0.5, 0.6) is 0 Å². The molecule has 6 nitrogen and oxygen atoms in total. The summed E-state index contributed by atoms with van der Waals surface area (Å²) in [7, 11) is 0. The van der Waals surface area contributed by atoms with Crippen molar-refractivity contribution in [3.05, 3.63) is 54.4 Å². The highest BCUT2D eigenvalue weighted by Crippen LogP contribution is 2.38. The van der Waals surface area contributed by atoms with E-state index in [1.165, 1.54) is 18.2 Å². The number of amides is 1. The minimum Gasteiger partial charge on any atom is -0.352 e. The van der Waals surface area contributed by atoms with Gasteiger partial charge in [0.2, 0.25) is 5.91 Å². The van der Waals surface area contributed by atoms with Gasteiger partial charge in [-0.15, -0.1) is 5.10 Å². The summed E-state index contributed by atoms with van der Waals surface area (Å²) in [6.07, 6.45) is 4.48. The Balaban J connectivity index is 1.20. The van der Waals surface area contributed by atoms with Crippen LogP contribution in [0.25, 0.3) is 10.9 Å². The number of hydrogen-bond acceptors (Lipinski definition) is 4. The third kappa shape index (κ3) is 3.27. The highest BCUT2D eigenvalue weighted by Gasteiger charge is 2.26. The van der Waals surface area contributed by atoms with Crippen molar-refractivity contribution >= 4 is 22.6 Å². The molecule has 0 radical (unpaired) electrons. The maximum absolute atomic E-state index is 12.7. The Morgan fingerprint density at radius 1 is 0.963 bits per heavy atom. The number of fused-ring (bicyclic) bond motifs is 1. The zero-order valence-electron chi connectivity index (χ0n) is 15.3. The summed E-state index contributed by atoms with van der Waals surface area (Å²) in [5.41, 5.74) is 2.22. The molecule has 1 saturated heterocycles. The molecule has 3 heterocycles. The van der Waals surface area contributed by atoms with Crippen LogP contribution in [-0.2, 0) is 11.3 Å². The summed E-state index contributed by atoms with van der Waals surface area (Å²) in [6, 6.07) is 14.4. The van der Waals surface area contributed by atoms with Gasteiger partial charge in [-0.2, -0.15) is 5.10 Å². The fraction of sp³-hybridized carbons (Fsp3) is 0.381. The molecule has 2 fully saturated rings. The van der Waals surface area contributed by atoms with Crippen molar-refractivity contribution in [1.29, 1.82) is 0 Å². The van der Waals surface area contributed by atoms with Gasteiger partial charge in [0, 0.05) is 43.8 Å². The first kappa shape index (κ1) is 16.3. The molecule has 0 unspecified atom stereocenters. The zero-order valence-corrected chi connectivity index (χ0v) is 15.3. The van der Waals surface area contributed by atoms with Crippen LogP contribution in [0.2, 0.25) is 0 Å². The number of nitrogens with zero attached hydrogens (tertiary/aromatic N) is 5. The first-order chi connectivity index (χ1) is 13.3. The first-order valence-electron chi connectivity index (χ1n) is 9.68. The number of carbonyl (C=O) groups is 1. The van der Waals surface area contributed by atoms with Crippen molar-refractivity contribution in [2.45, 2.75) is 25.3 Å². The lowest BCUT2D eigenvalue weighted by Crippen LogP contribution is -2.49. The first-order valence-corrected chi connectivity index (χ1v) is 9.68. The smallest absolute Gasteiger partial charge is 0.242 e. The molecule has 2 aliphatic rings.